The maximum Gasteiger partial charge on any atom is 0.291 e. The van der Waals surface area contributed by atoms with Gasteiger partial charge < -0.3 is 14.4 Å². The molecule has 0 fully saturated rings. The third kappa shape index (κ3) is 3.71. The number of rotatable bonds is 3. The van der Waals surface area contributed by atoms with Gasteiger partial charge in [0.15, 0.2) is 6.39 Å². The van der Waals surface area contributed by atoms with E-state index in [1.165, 1.54) is 6.39 Å². The zero-order valence-electron chi connectivity index (χ0n) is 12.0. The molecule has 0 saturated heterocycles. The zero-order chi connectivity index (χ0) is 15.2. The highest BCUT2D eigenvalue weighted by Crippen LogP contribution is 2.12. The lowest BCUT2D eigenvalue weighted by Gasteiger charge is -2.16. The van der Waals surface area contributed by atoms with Crippen LogP contribution in [0.3, 0.4) is 0 Å². The summed E-state index contributed by atoms with van der Waals surface area (Å²) >= 11 is 0. The Morgan fingerprint density at radius 1 is 1.48 bits per heavy atom. The second-order valence-electron chi connectivity index (χ2n) is 4.59. The lowest BCUT2D eigenvalue weighted by atomic mass is 10.1. The van der Waals surface area contributed by atoms with Crippen molar-refractivity contribution < 1.29 is 14.3 Å². The molecule has 0 unspecified atom stereocenters. The first-order valence-electron chi connectivity index (χ1n) is 6.46. The molecule has 1 heterocycles. The number of carbonyl (C=O) groups is 1. The van der Waals surface area contributed by atoms with Gasteiger partial charge in [0, 0.05) is 19.2 Å². The lowest BCUT2D eigenvalue weighted by molar-refractivity contribution is 0.0752. The van der Waals surface area contributed by atoms with Crippen molar-refractivity contribution in [1.29, 1.82) is 0 Å². The van der Waals surface area contributed by atoms with Crippen LogP contribution in [0.5, 0.6) is 0 Å². The van der Waals surface area contributed by atoms with Gasteiger partial charge in [0.1, 0.15) is 6.61 Å². The van der Waals surface area contributed by atoms with E-state index in [1.807, 2.05) is 24.3 Å². The van der Waals surface area contributed by atoms with E-state index in [4.69, 9.17) is 9.52 Å². The molecule has 1 N–H and O–H groups in total. The summed E-state index contributed by atoms with van der Waals surface area (Å²) in [5.74, 6) is 5.49. The highest BCUT2D eigenvalue weighted by molar-refractivity contribution is 5.92. The van der Waals surface area contributed by atoms with E-state index in [0.29, 0.717) is 12.2 Å². The van der Waals surface area contributed by atoms with E-state index < -0.39 is 0 Å². The minimum absolute atomic E-state index is 0.173. The summed E-state index contributed by atoms with van der Waals surface area (Å²) in [6.07, 6.45) is 1.27. The normalized spacial score (nSPS) is 9.86. The fourth-order valence-corrected chi connectivity index (χ4v) is 1.92. The fraction of sp³-hybridized carbons (Fsp3) is 0.250. The zero-order valence-corrected chi connectivity index (χ0v) is 12.0. The number of oxazole rings is 1. The van der Waals surface area contributed by atoms with Crippen LogP contribution in [-0.4, -0.2) is 34.6 Å². The first-order valence-corrected chi connectivity index (χ1v) is 6.46. The SMILES string of the molecule is Cc1ncoc1C(=O)N(C)Cc1cccc(C#CCO)c1. The molecule has 1 aromatic carbocycles. The van der Waals surface area contributed by atoms with Crippen molar-refractivity contribution in [3.05, 3.63) is 53.2 Å². The average molecular weight is 284 g/mol. The number of aliphatic hydroxyl groups excluding tert-OH is 1. The Morgan fingerprint density at radius 2 is 2.29 bits per heavy atom. The second-order valence-corrected chi connectivity index (χ2v) is 4.59. The molecule has 5 heteroatoms. The van der Waals surface area contributed by atoms with Crippen LogP contribution < -0.4 is 0 Å². The Hall–Kier alpha value is -2.58. The molecule has 0 saturated carbocycles. The van der Waals surface area contributed by atoms with Gasteiger partial charge >= 0.3 is 0 Å². The van der Waals surface area contributed by atoms with E-state index in [1.54, 1.807) is 18.9 Å². The molecule has 21 heavy (non-hydrogen) atoms. The largest absolute Gasteiger partial charge is 0.438 e. The molecule has 1 amide bonds. The number of hydrogen-bond acceptors (Lipinski definition) is 4. The Kier molecular flexibility index (Phi) is 4.75. The molecule has 0 spiro atoms. The van der Waals surface area contributed by atoms with Gasteiger partial charge in [-0.3, -0.25) is 4.79 Å². The number of aliphatic hydroxyl groups is 1. The topological polar surface area (TPSA) is 66.6 Å². The number of amides is 1. The van der Waals surface area contributed by atoms with Gasteiger partial charge in [-0.1, -0.05) is 24.0 Å². The van der Waals surface area contributed by atoms with Gasteiger partial charge in [0.05, 0.1) is 5.69 Å². The number of aryl methyl sites for hydroxylation is 1. The maximum absolute atomic E-state index is 12.2. The van der Waals surface area contributed by atoms with Gasteiger partial charge in [-0.05, 0) is 24.6 Å². The summed E-state index contributed by atoms with van der Waals surface area (Å²) in [4.78, 5) is 17.7. The van der Waals surface area contributed by atoms with Gasteiger partial charge in [0.25, 0.3) is 5.91 Å². The molecular formula is C16H16N2O3. The average Bonchev–Trinajstić information content (AvgIpc) is 2.90. The van der Waals surface area contributed by atoms with E-state index in [2.05, 4.69) is 16.8 Å². The molecule has 0 radical (unpaired) electrons. The molecule has 1 aromatic heterocycles. The Morgan fingerprint density at radius 3 is 2.95 bits per heavy atom. The number of aromatic nitrogens is 1. The van der Waals surface area contributed by atoms with Crippen molar-refractivity contribution in [2.24, 2.45) is 0 Å². The Balaban J connectivity index is 2.11. The maximum atomic E-state index is 12.2. The Bertz CT molecular complexity index is 695. The van der Waals surface area contributed by atoms with Crippen molar-refractivity contribution in [2.45, 2.75) is 13.5 Å². The monoisotopic (exact) mass is 284 g/mol. The third-order valence-electron chi connectivity index (χ3n) is 2.94. The molecule has 0 aliphatic heterocycles. The first kappa shape index (κ1) is 14.8. The van der Waals surface area contributed by atoms with Gasteiger partial charge in [0.2, 0.25) is 5.76 Å². The van der Waals surface area contributed by atoms with Crippen molar-refractivity contribution in [3.8, 4) is 11.8 Å². The van der Waals surface area contributed by atoms with Crippen LogP contribution in [-0.2, 0) is 6.54 Å². The standard InChI is InChI=1S/C16H16N2O3/c1-12-15(21-11-17-12)16(20)18(2)10-14-6-3-5-13(9-14)7-4-8-19/h3,5-6,9,11,19H,8,10H2,1-2H3. The molecule has 0 aliphatic carbocycles. The van der Waals surface area contributed by atoms with Crippen LogP contribution in [0.2, 0.25) is 0 Å². The summed E-state index contributed by atoms with van der Waals surface area (Å²) < 4.78 is 5.11. The van der Waals surface area contributed by atoms with E-state index in [0.717, 1.165) is 11.1 Å². The summed E-state index contributed by atoms with van der Waals surface area (Å²) in [5, 5.41) is 8.70. The van der Waals surface area contributed by atoms with E-state index in [-0.39, 0.29) is 18.3 Å². The molecule has 0 aliphatic rings. The molecule has 5 nitrogen and oxygen atoms in total. The Labute approximate surface area is 123 Å². The quantitative estimate of drug-likeness (QED) is 0.869. The molecular weight excluding hydrogens is 268 g/mol. The molecule has 0 bridgehead atoms. The summed E-state index contributed by atoms with van der Waals surface area (Å²) in [6.45, 7) is 2.00. The number of nitrogens with zero attached hydrogens (tertiary/aromatic N) is 2. The predicted octanol–water partition coefficient (Wildman–Crippen LogP) is 1.60. The van der Waals surface area contributed by atoms with Gasteiger partial charge in [-0.2, -0.15) is 0 Å². The van der Waals surface area contributed by atoms with Crippen LogP contribution in [0.25, 0.3) is 0 Å². The van der Waals surface area contributed by atoms with Crippen molar-refractivity contribution in [1.82, 2.24) is 9.88 Å². The second kappa shape index (κ2) is 6.73. The van der Waals surface area contributed by atoms with Gasteiger partial charge in [-0.25, -0.2) is 4.98 Å². The minimum atomic E-state index is -0.211. The van der Waals surface area contributed by atoms with E-state index in [9.17, 15) is 4.79 Å². The molecule has 2 rings (SSSR count). The van der Waals surface area contributed by atoms with Crippen molar-refractivity contribution in [2.75, 3.05) is 13.7 Å². The van der Waals surface area contributed by atoms with Crippen LogP contribution in [0.4, 0.5) is 0 Å². The summed E-state index contributed by atoms with van der Waals surface area (Å²) in [7, 11) is 1.70. The number of hydrogen-bond donors (Lipinski definition) is 1. The fourth-order valence-electron chi connectivity index (χ4n) is 1.92. The van der Waals surface area contributed by atoms with Crippen LogP contribution in [0.1, 0.15) is 27.4 Å². The highest BCUT2D eigenvalue weighted by Gasteiger charge is 2.18. The predicted molar refractivity (Wildman–Crippen MR) is 77.4 cm³/mol. The smallest absolute Gasteiger partial charge is 0.291 e. The summed E-state index contributed by atoms with van der Waals surface area (Å²) in [5.41, 5.74) is 2.33. The molecule has 108 valence electrons. The molecule has 2 aromatic rings. The number of benzene rings is 1. The van der Waals surface area contributed by atoms with Crippen LogP contribution >= 0.6 is 0 Å². The number of carbonyl (C=O) groups excluding carboxylic acids is 1. The third-order valence-corrected chi connectivity index (χ3v) is 2.94. The minimum Gasteiger partial charge on any atom is -0.438 e. The van der Waals surface area contributed by atoms with E-state index >= 15 is 0 Å². The van der Waals surface area contributed by atoms with Crippen LogP contribution in [0, 0.1) is 18.8 Å². The summed E-state index contributed by atoms with van der Waals surface area (Å²) in [6, 6.07) is 7.53. The van der Waals surface area contributed by atoms with Crippen LogP contribution in [0.15, 0.2) is 35.1 Å². The van der Waals surface area contributed by atoms with Crippen molar-refractivity contribution >= 4 is 5.91 Å². The first-order chi connectivity index (χ1) is 10.1. The van der Waals surface area contributed by atoms with Crippen molar-refractivity contribution in [3.63, 3.8) is 0 Å². The lowest BCUT2D eigenvalue weighted by Crippen LogP contribution is -2.26. The molecule has 0 atom stereocenters. The highest BCUT2D eigenvalue weighted by atomic mass is 16.3. The van der Waals surface area contributed by atoms with Gasteiger partial charge in [-0.15, -0.1) is 0 Å².